The van der Waals surface area contributed by atoms with Gasteiger partial charge in [-0.1, -0.05) is 48.0 Å². The lowest BCUT2D eigenvalue weighted by Gasteiger charge is -2.26. The Morgan fingerprint density at radius 1 is 0.972 bits per heavy atom. The second-order valence-electron chi connectivity index (χ2n) is 8.43. The molecule has 4 rings (SSSR count). The maximum Gasteiger partial charge on any atom is 0.338 e. The van der Waals surface area contributed by atoms with Crippen molar-refractivity contribution in [2.45, 2.75) is 26.0 Å². The molecule has 1 heterocycles. The largest absolute Gasteiger partial charge is 0.507 e. The van der Waals surface area contributed by atoms with Crippen molar-refractivity contribution in [3.63, 3.8) is 0 Å². The number of rotatable bonds is 6. The number of aliphatic hydroxyl groups excluding tert-OH is 1. The summed E-state index contributed by atoms with van der Waals surface area (Å²) in [5.74, 6) is -2.29. The van der Waals surface area contributed by atoms with Crippen LogP contribution in [-0.2, 0) is 14.3 Å². The predicted molar refractivity (Wildman–Crippen MR) is 136 cm³/mol. The van der Waals surface area contributed by atoms with E-state index in [2.05, 4.69) is 0 Å². The van der Waals surface area contributed by atoms with Gasteiger partial charge < -0.3 is 14.6 Å². The monoisotopic (exact) mass is 505 g/mol. The average Bonchev–Trinajstić information content (AvgIpc) is 3.14. The molecule has 0 aliphatic carbocycles. The first-order valence-electron chi connectivity index (χ1n) is 11.2. The van der Waals surface area contributed by atoms with Crippen LogP contribution in [0.4, 0.5) is 5.69 Å². The molecule has 36 heavy (non-hydrogen) atoms. The van der Waals surface area contributed by atoms with Gasteiger partial charge in [0.1, 0.15) is 11.5 Å². The molecule has 1 fully saturated rings. The number of methoxy groups -OCH3 is 1. The van der Waals surface area contributed by atoms with Gasteiger partial charge in [0.05, 0.1) is 35.4 Å². The molecule has 0 saturated carbocycles. The van der Waals surface area contributed by atoms with E-state index in [4.69, 9.17) is 21.1 Å². The smallest absolute Gasteiger partial charge is 0.338 e. The number of carbonyl (C=O) groups excluding carboxylic acids is 3. The molecular weight excluding hydrogens is 482 g/mol. The number of aliphatic hydroxyl groups is 1. The summed E-state index contributed by atoms with van der Waals surface area (Å²) in [6.45, 7) is 3.48. The Balaban J connectivity index is 1.89. The maximum absolute atomic E-state index is 13.3. The van der Waals surface area contributed by atoms with Crippen LogP contribution in [-0.4, -0.2) is 36.0 Å². The van der Waals surface area contributed by atoms with Crippen molar-refractivity contribution < 1.29 is 29.0 Å². The molecule has 8 heteroatoms. The van der Waals surface area contributed by atoms with E-state index in [1.807, 2.05) is 6.07 Å². The summed E-state index contributed by atoms with van der Waals surface area (Å²) in [6, 6.07) is 18.8. The Labute approximate surface area is 213 Å². The number of nitrogens with zero attached hydrogens (tertiary/aromatic N) is 1. The minimum atomic E-state index is -0.941. The molecule has 1 aliphatic rings. The molecule has 0 radical (unpaired) electrons. The highest BCUT2D eigenvalue weighted by Crippen LogP contribution is 2.43. The first-order chi connectivity index (χ1) is 17.2. The summed E-state index contributed by atoms with van der Waals surface area (Å²) in [5, 5.41) is 11.6. The second-order valence-corrected chi connectivity index (χ2v) is 8.84. The van der Waals surface area contributed by atoms with Crippen LogP contribution in [0.2, 0.25) is 5.02 Å². The van der Waals surface area contributed by atoms with Gasteiger partial charge in [-0.05, 0) is 55.8 Å². The van der Waals surface area contributed by atoms with Crippen LogP contribution >= 0.6 is 11.6 Å². The standard InChI is InChI=1S/C28H24ClNO6/c1-16(2)36-28(34)19-10-7-11-20(14-19)30-24(17-8-5-4-6-9-17)23(26(32)27(30)33)25(31)18-12-13-21(29)22(15-18)35-3/h4-16,24,31H,1-3H3/b25-23+. The molecule has 3 aromatic carbocycles. The highest BCUT2D eigenvalue weighted by molar-refractivity contribution is 6.51. The summed E-state index contributed by atoms with van der Waals surface area (Å²) in [6.07, 6.45) is -0.323. The fraction of sp³-hybridized carbons (Fsp3) is 0.179. The van der Waals surface area contributed by atoms with E-state index < -0.39 is 23.7 Å². The molecule has 0 aromatic heterocycles. The molecule has 1 aliphatic heterocycles. The second kappa shape index (κ2) is 10.3. The maximum atomic E-state index is 13.3. The van der Waals surface area contributed by atoms with E-state index in [0.29, 0.717) is 22.0 Å². The number of hydrogen-bond donors (Lipinski definition) is 1. The van der Waals surface area contributed by atoms with E-state index in [1.165, 1.54) is 36.3 Å². The lowest BCUT2D eigenvalue weighted by Crippen LogP contribution is -2.29. The predicted octanol–water partition coefficient (Wildman–Crippen LogP) is 5.54. The third kappa shape index (κ3) is 4.70. The van der Waals surface area contributed by atoms with Gasteiger partial charge in [-0.25, -0.2) is 4.79 Å². The highest BCUT2D eigenvalue weighted by Gasteiger charge is 2.47. The summed E-state index contributed by atoms with van der Waals surface area (Å²) in [4.78, 5) is 40.4. The number of Topliss-reactive ketones (excluding diaryl/α,β-unsaturated/α-hetero) is 1. The van der Waals surface area contributed by atoms with Crippen LogP contribution in [0, 0.1) is 0 Å². The Bertz CT molecular complexity index is 1370. The van der Waals surface area contributed by atoms with Crippen LogP contribution in [0.5, 0.6) is 5.75 Å². The zero-order chi connectivity index (χ0) is 26.0. The number of ether oxygens (including phenoxy) is 2. The van der Waals surface area contributed by atoms with Gasteiger partial charge in [-0.2, -0.15) is 0 Å². The van der Waals surface area contributed by atoms with Gasteiger partial charge in [-0.3, -0.25) is 14.5 Å². The van der Waals surface area contributed by atoms with Crippen LogP contribution in [0.15, 0.2) is 78.4 Å². The molecule has 0 spiro atoms. The minimum Gasteiger partial charge on any atom is -0.507 e. The van der Waals surface area contributed by atoms with Crippen LogP contribution < -0.4 is 9.64 Å². The van der Waals surface area contributed by atoms with E-state index in [-0.39, 0.29) is 28.6 Å². The fourth-order valence-corrected chi connectivity index (χ4v) is 4.27. The molecule has 0 bridgehead atoms. The topological polar surface area (TPSA) is 93.1 Å². The van der Waals surface area contributed by atoms with Crippen molar-refractivity contribution in [2.24, 2.45) is 0 Å². The van der Waals surface area contributed by atoms with E-state index >= 15 is 0 Å². The Morgan fingerprint density at radius 2 is 1.69 bits per heavy atom. The Kier molecular flexibility index (Phi) is 7.12. The summed E-state index contributed by atoms with van der Waals surface area (Å²) in [7, 11) is 1.44. The zero-order valence-electron chi connectivity index (χ0n) is 19.9. The molecule has 7 nitrogen and oxygen atoms in total. The first-order valence-corrected chi connectivity index (χ1v) is 11.6. The van der Waals surface area contributed by atoms with Gasteiger partial charge >= 0.3 is 5.97 Å². The highest BCUT2D eigenvalue weighted by atomic mass is 35.5. The molecule has 1 unspecified atom stereocenters. The lowest BCUT2D eigenvalue weighted by molar-refractivity contribution is -0.132. The molecule has 184 valence electrons. The summed E-state index contributed by atoms with van der Waals surface area (Å²) in [5.41, 5.74) is 1.33. The number of carbonyl (C=O) groups is 3. The van der Waals surface area contributed by atoms with Crippen molar-refractivity contribution in [3.05, 3.63) is 100 Å². The van der Waals surface area contributed by atoms with Gasteiger partial charge in [0.2, 0.25) is 0 Å². The first kappa shape index (κ1) is 25.0. The van der Waals surface area contributed by atoms with Crippen molar-refractivity contribution in [3.8, 4) is 5.75 Å². The Hall–Kier alpha value is -4.10. The molecule has 1 saturated heterocycles. The summed E-state index contributed by atoms with van der Waals surface area (Å²) < 4.78 is 10.5. The zero-order valence-corrected chi connectivity index (χ0v) is 20.7. The number of ketones is 1. The quantitative estimate of drug-likeness (QED) is 0.204. The minimum absolute atomic E-state index is 0.0919. The SMILES string of the molecule is COc1cc(/C(O)=C2\C(=O)C(=O)N(c3cccc(C(=O)OC(C)C)c3)C2c2ccccc2)ccc1Cl. The molecule has 1 N–H and O–H groups in total. The van der Waals surface area contributed by atoms with Gasteiger partial charge in [0.15, 0.2) is 0 Å². The van der Waals surface area contributed by atoms with E-state index in [0.717, 1.165) is 0 Å². The van der Waals surface area contributed by atoms with Crippen LogP contribution in [0.3, 0.4) is 0 Å². The van der Waals surface area contributed by atoms with Crippen molar-refractivity contribution in [1.29, 1.82) is 0 Å². The number of halogens is 1. The molecule has 1 amide bonds. The summed E-state index contributed by atoms with van der Waals surface area (Å²) >= 11 is 6.12. The van der Waals surface area contributed by atoms with Crippen LogP contribution in [0.1, 0.15) is 41.4 Å². The van der Waals surface area contributed by atoms with Crippen molar-refractivity contribution in [2.75, 3.05) is 12.0 Å². The Morgan fingerprint density at radius 3 is 2.36 bits per heavy atom. The number of amides is 1. The number of benzene rings is 3. The number of anilines is 1. The normalized spacial score (nSPS) is 16.9. The van der Waals surface area contributed by atoms with Gasteiger partial charge in [-0.15, -0.1) is 0 Å². The lowest BCUT2D eigenvalue weighted by atomic mass is 9.95. The third-order valence-electron chi connectivity index (χ3n) is 5.69. The molecule has 1 atom stereocenters. The third-order valence-corrected chi connectivity index (χ3v) is 6.00. The number of esters is 1. The number of hydrogen-bond acceptors (Lipinski definition) is 6. The average molecular weight is 506 g/mol. The fourth-order valence-electron chi connectivity index (χ4n) is 4.08. The van der Waals surface area contributed by atoms with Gasteiger partial charge in [0.25, 0.3) is 11.7 Å². The molecular formula is C28H24ClNO6. The van der Waals surface area contributed by atoms with E-state index in [9.17, 15) is 19.5 Å². The van der Waals surface area contributed by atoms with Gasteiger partial charge in [0, 0.05) is 11.3 Å². The van der Waals surface area contributed by atoms with Crippen molar-refractivity contribution >= 4 is 40.7 Å². The van der Waals surface area contributed by atoms with Crippen LogP contribution in [0.25, 0.3) is 5.76 Å². The van der Waals surface area contributed by atoms with Crippen molar-refractivity contribution in [1.82, 2.24) is 0 Å². The van der Waals surface area contributed by atoms with E-state index in [1.54, 1.807) is 56.3 Å². The molecule has 3 aromatic rings.